The van der Waals surface area contributed by atoms with Crippen LogP contribution in [0.1, 0.15) is 31.7 Å². The van der Waals surface area contributed by atoms with Crippen molar-refractivity contribution in [3.05, 3.63) is 28.7 Å². The van der Waals surface area contributed by atoms with E-state index in [1.807, 2.05) is 24.3 Å². The quantitative estimate of drug-likeness (QED) is 0.420. The second kappa shape index (κ2) is 8.36. The number of benzene rings is 1. The molecule has 1 amide bonds. The molecule has 0 unspecified atom stereocenters. The molecule has 124 valence electrons. The first-order valence-corrected chi connectivity index (χ1v) is 8.80. The fourth-order valence-corrected chi connectivity index (χ4v) is 3.62. The second-order valence-electron chi connectivity index (χ2n) is 5.15. The summed E-state index contributed by atoms with van der Waals surface area (Å²) < 4.78 is 11.2. The Morgan fingerprint density at radius 3 is 2.61 bits per heavy atom. The third-order valence-electron chi connectivity index (χ3n) is 3.56. The van der Waals surface area contributed by atoms with E-state index in [0.29, 0.717) is 27.3 Å². The minimum Gasteiger partial charge on any atom is -0.493 e. The lowest BCUT2D eigenvalue weighted by atomic mass is 10.2. The van der Waals surface area contributed by atoms with E-state index in [-0.39, 0.29) is 5.91 Å². The molecule has 1 aromatic carbocycles. The molecule has 2 rings (SSSR count). The molecule has 0 atom stereocenters. The summed E-state index contributed by atoms with van der Waals surface area (Å²) in [4.78, 5) is 14.8. The fraction of sp³-hybridized carbons (Fsp3) is 0.412. The van der Waals surface area contributed by atoms with Crippen molar-refractivity contribution in [2.45, 2.75) is 26.2 Å². The van der Waals surface area contributed by atoms with Crippen LogP contribution in [-0.2, 0) is 4.79 Å². The van der Waals surface area contributed by atoms with Crippen molar-refractivity contribution in [2.24, 2.45) is 0 Å². The van der Waals surface area contributed by atoms with Gasteiger partial charge in [0.2, 0.25) is 0 Å². The minimum atomic E-state index is -0.00844. The first-order chi connectivity index (χ1) is 11.1. The minimum absolute atomic E-state index is 0.00844. The summed E-state index contributed by atoms with van der Waals surface area (Å²) in [6, 6.07) is 5.57. The summed E-state index contributed by atoms with van der Waals surface area (Å²) >= 11 is 6.69. The zero-order chi connectivity index (χ0) is 16.8. The van der Waals surface area contributed by atoms with Gasteiger partial charge < -0.3 is 9.47 Å². The van der Waals surface area contributed by atoms with Crippen LogP contribution in [-0.4, -0.2) is 35.9 Å². The molecule has 0 spiro atoms. The van der Waals surface area contributed by atoms with Gasteiger partial charge in [-0.2, -0.15) is 0 Å². The predicted octanol–water partition coefficient (Wildman–Crippen LogP) is 4.10. The highest BCUT2D eigenvalue weighted by molar-refractivity contribution is 8.26. The molecule has 4 nitrogen and oxygen atoms in total. The Labute approximate surface area is 146 Å². The van der Waals surface area contributed by atoms with Crippen molar-refractivity contribution in [3.8, 4) is 11.5 Å². The van der Waals surface area contributed by atoms with E-state index in [9.17, 15) is 4.79 Å². The number of rotatable bonds is 7. The fourth-order valence-electron chi connectivity index (χ4n) is 2.31. The molecule has 1 saturated heterocycles. The smallest absolute Gasteiger partial charge is 0.266 e. The molecule has 0 aliphatic carbocycles. The summed E-state index contributed by atoms with van der Waals surface area (Å²) in [7, 11) is 3.19. The van der Waals surface area contributed by atoms with Crippen LogP contribution in [0.5, 0.6) is 11.5 Å². The van der Waals surface area contributed by atoms with Crippen LogP contribution in [0.15, 0.2) is 23.1 Å². The largest absolute Gasteiger partial charge is 0.493 e. The van der Waals surface area contributed by atoms with Gasteiger partial charge in [-0.1, -0.05) is 49.8 Å². The molecular weight excluding hydrogens is 330 g/mol. The Hall–Kier alpha value is -1.53. The number of carbonyl (C=O) groups excluding carboxylic acids is 1. The Morgan fingerprint density at radius 1 is 1.22 bits per heavy atom. The molecule has 1 aromatic rings. The molecule has 23 heavy (non-hydrogen) atoms. The molecule has 0 saturated carbocycles. The number of ether oxygens (including phenoxy) is 2. The number of nitrogens with zero attached hydrogens (tertiary/aromatic N) is 1. The van der Waals surface area contributed by atoms with Crippen molar-refractivity contribution in [2.75, 3.05) is 20.8 Å². The zero-order valence-electron chi connectivity index (χ0n) is 13.6. The molecule has 0 radical (unpaired) electrons. The van der Waals surface area contributed by atoms with Crippen molar-refractivity contribution >= 4 is 40.3 Å². The lowest BCUT2D eigenvalue weighted by Gasteiger charge is -2.13. The highest BCUT2D eigenvalue weighted by Crippen LogP contribution is 2.34. The third kappa shape index (κ3) is 4.26. The van der Waals surface area contributed by atoms with E-state index in [1.54, 1.807) is 19.1 Å². The average Bonchev–Trinajstić information content (AvgIpc) is 2.82. The number of thiocarbonyl (C=S) groups is 1. The maximum atomic E-state index is 12.5. The number of carbonyl (C=O) groups is 1. The van der Waals surface area contributed by atoms with Gasteiger partial charge in [-0.3, -0.25) is 9.69 Å². The van der Waals surface area contributed by atoms with E-state index in [2.05, 4.69) is 6.92 Å². The Bertz CT molecular complexity index is 628. The van der Waals surface area contributed by atoms with Crippen LogP contribution in [0.3, 0.4) is 0 Å². The maximum Gasteiger partial charge on any atom is 0.266 e. The summed E-state index contributed by atoms with van der Waals surface area (Å²) in [6.45, 7) is 2.84. The number of amides is 1. The third-order valence-corrected chi connectivity index (χ3v) is 4.94. The average molecular weight is 351 g/mol. The van der Waals surface area contributed by atoms with Crippen molar-refractivity contribution in [1.82, 2.24) is 4.90 Å². The van der Waals surface area contributed by atoms with Gasteiger partial charge in [-0.25, -0.2) is 0 Å². The molecule has 0 bridgehead atoms. The van der Waals surface area contributed by atoms with Gasteiger partial charge >= 0.3 is 0 Å². The van der Waals surface area contributed by atoms with Gasteiger partial charge in [-0.15, -0.1) is 0 Å². The highest BCUT2D eigenvalue weighted by Gasteiger charge is 2.31. The topological polar surface area (TPSA) is 38.8 Å². The SMILES string of the molecule is CCCCCN1C(=O)C(=Cc2ccc(OC)c(OC)c2)SC1=S. The molecule has 1 aliphatic heterocycles. The van der Waals surface area contributed by atoms with E-state index in [1.165, 1.54) is 11.8 Å². The summed E-state index contributed by atoms with van der Waals surface area (Å²) in [5.74, 6) is 1.29. The van der Waals surface area contributed by atoms with Gasteiger partial charge in [0.15, 0.2) is 11.5 Å². The first kappa shape index (κ1) is 17.8. The Balaban J connectivity index is 2.17. The van der Waals surface area contributed by atoms with E-state index in [4.69, 9.17) is 21.7 Å². The number of hydrogen-bond donors (Lipinski definition) is 0. The summed E-state index contributed by atoms with van der Waals surface area (Å²) in [5, 5.41) is 0. The lowest BCUT2D eigenvalue weighted by Crippen LogP contribution is -2.28. The Kier molecular flexibility index (Phi) is 6.47. The number of thioether (sulfide) groups is 1. The number of hydrogen-bond acceptors (Lipinski definition) is 5. The first-order valence-electron chi connectivity index (χ1n) is 7.58. The lowest BCUT2D eigenvalue weighted by molar-refractivity contribution is -0.122. The maximum absolute atomic E-state index is 12.5. The van der Waals surface area contributed by atoms with E-state index >= 15 is 0 Å². The summed E-state index contributed by atoms with van der Waals surface area (Å²) in [5.41, 5.74) is 0.886. The number of unbranched alkanes of at least 4 members (excludes halogenated alkanes) is 2. The van der Waals surface area contributed by atoms with Crippen LogP contribution >= 0.6 is 24.0 Å². The van der Waals surface area contributed by atoms with Crippen molar-refractivity contribution < 1.29 is 14.3 Å². The van der Waals surface area contributed by atoms with Gasteiger partial charge in [0.05, 0.1) is 19.1 Å². The van der Waals surface area contributed by atoms with Crippen LogP contribution < -0.4 is 9.47 Å². The van der Waals surface area contributed by atoms with Gasteiger partial charge in [-0.05, 0) is 30.2 Å². The molecular formula is C17H21NO3S2. The van der Waals surface area contributed by atoms with Crippen LogP contribution in [0, 0.1) is 0 Å². The predicted molar refractivity (Wildman–Crippen MR) is 99.0 cm³/mol. The van der Waals surface area contributed by atoms with E-state index in [0.717, 1.165) is 24.8 Å². The molecule has 1 aliphatic rings. The molecule has 0 aromatic heterocycles. The molecule has 1 heterocycles. The normalized spacial score (nSPS) is 16.3. The van der Waals surface area contributed by atoms with Crippen molar-refractivity contribution in [3.63, 3.8) is 0 Å². The summed E-state index contributed by atoms with van der Waals surface area (Å²) in [6.07, 6.45) is 5.05. The molecule has 6 heteroatoms. The van der Waals surface area contributed by atoms with Crippen LogP contribution in [0.4, 0.5) is 0 Å². The number of methoxy groups -OCH3 is 2. The van der Waals surface area contributed by atoms with E-state index < -0.39 is 0 Å². The van der Waals surface area contributed by atoms with Crippen LogP contribution in [0.25, 0.3) is 6.08 Å². The van der Waals surface area contributed by atoms with Crippen LogP contribution in [0.2, 0.25) is 0 Å². The molecule has 0 N–H and O–H groups in total. The highest BCUT2D eigenvalue weighted by atomic mass is 32.2. The Morgan fingerprint density at radius 2 is 1.96 bits per heavy atom. The van der Waals surface area contributed by atoms with Gasteiger partial charge in [0.1, 0.15) is 4.32 Å². The second-order valence-corrected chi connectivity index (χ2v) is 6.83. The molecule has 1 fully saturated rings. The monoisotopic (exact) mass is 351 g/mol. The standard InChI is InChI=1S/C17H21NO3S2/c1-4-5-6-9-18-16(19)15(23-17(18)22)11-12-7-8-13(20-2)14(10-12)21-3/h7-8,10-11H,4-6,9H2,1-3H3. The zero-order valence-corrected chi connectivity index (χ0v) is 15.3. The van der Waals surface area contributed by atoms with Gasteiger partial charge in [0.25, 0.3) is 5.91 Å². The van der Waals surface area contributed by atoms with Crippen molar-refractivity contribution in [1.29, 1.82) is 0 Å². The van der Waals surface area contributed by atoms with Gasteiger partial charge in [0, 0.05) is 6.54 Å².